The molecule has 2 aliphatic rings. The second-order valence-corrected chi connectivity index (χ2v) is 5.79. The van der Waals surface area contributed by atoms with E-state index in [0.29, 0.717) is 0 Å². The van der Waals surface area contributed by atoms with Crippen LogP contribution >= 0.6 is 10.7 Å². The molecule has 3 heteroatoms. The Morgan fingerprint density at radius 3 is 2.15 bits per heavy atom. The summed E-state index contributed by atoms with van der Waals surface area (Å²) < 4.78 is 2.68. The summed E-state index contributed by atoms with van der Waals surface area (Å²) in [6.07, 6.45) is 7.74. The van der Waals surface area contributed by atoms with E-state index in [2.05, 4.69) is 21.7 Å². The first-order chi connectivity index (χ1) is 6.29. The lowest BCUT2D eigenvalue weighted by Gasteiger charge is -2.35. The number of nitrogens with zero attached hydrogens (tertiary/aromatic N) is 1. The molecule has 2 nitrogen and oxygen atoms in total. The molecule has 1 atom stereocenters. The van der Waals surface area contributed by atoms with Crippen LogP contribution in [0.1, 0.15) is 25.7 Å². The summed E-state index contributed by atoms with van der Waals surface area (Å²) in [6.45, 7) is 2.40. The van der Waals surface area contributed by atoms with E-state index in [1.54, 1.807) is 0 Å². The van der Waals surface area contributed by atoms with Crippen molar-refractivity contribution in [1.82, 2.24) is 9.62 Å². The second kappa shape index (κ2) is 4.11. The van der Waals surface area contributed by atoms with E-state index in [9.17, 15) is 0 Å². The summed E-state index contributed by atoms with van der Waals surface area (Å²) in [6, 6.07) is 1.70. The van der Waals surface area contributed by atoms with Crippen LogP contribution in [0.15, 0.2) is 0 Å². The van der Waals surface area contributed by atoms with Gasteiger partial charge in [-0.2, -0.15) is 0 Å². The molecule has 0 aromatic heterocycles. The Morgan fingerprint density at radius 2 is 1.69 bits per heavy atom. The number of piperidine rings is 1. The van der Waals surface area contributed by atoms with E-state index in [1.807, 2.05) is 0 Å². The summed E-state index contributed by atoms with van der Waals surface area (Å²) in [7, 11) is 0.237. The van der Waals surface area contributed by atoms with Crippen LogP contribution < -0.4 is 5.32 Å². The van der Waals surface area contributed by atoms with Crippen molar-refractivity contribution in [2.75, 3.05) is 19.3 Å². The SMILES string of the molecule is C=S(C)N(C1CCNCC1)C1CC1. The lowest BCUT2D eigenvalue weighted by Crippen LogP contribution is -2.41. The maximum Gasteiger partial charge on any atom is 0.0224 e. The molecule has 1 aliphatic carbocycles. The zero-order chi connectivity index (χ0) is 9.26. The first kappa shape index (κ1) is 9.69. The third-order valence-corrected chi connectivity index (χ3v) is 4.25. The molecule has 76 valence electrons. The maximum absolute atomic E-state index is 4.21. The third kappa shape index (κ3) is 2.33. The van der Waals surface area contributed by atoms with Crippen LogP contribution in [0.5, 0.6) is 0 Å². The summed E-state index contributed by atoms with van der Waals surface area (Å²) in [5, 5.41) is 3.42. The Labute approximate surface area is 83.8 Å². The molecule has 13 heavy (non-hydrogen) atoms. The average molecular weight is 200 g/mol. The van der Waals surface area contributed by atoms with Gasteiger partial charge >= 0.3 is 0 Å². The van der Waals surface area contributed by atoms with Crippen molar-refractivity contribution in [1.29, 1.82) is 0 Å². The minimum atomic E-state index is 0.237. The van der Waals surface area contributed by atoms with Gasteiger partial charge in [0.05, 0.1) is 0 Å². The highest BCUT2D eigenvalue weighted by Crippen LogP contribution is 2.37. The van der Waals surface area contributed by atoms with Crippen LogP contribution in [0.2, 0.25) is 0 Å². The van der Waals surface area contributed by atoms with Crippen molar-refractivity contribution >= 4 is 16.5 Å². The predicted molar refractivity (Wildman–Crippen MR) is 61.4 cm³/mol. The molecular formula is C10H20N2S. The third-order valence-electron chi connectivity index (χ3n) is 2.94. The zero-order valence-corrected chi connectivity index (χ0v) is 9.28. The highest BCUT2D eigenvalue weighted by atomic mass is 32.2. The van der Waals surface area contributed by atoms with Gasteiger partial charge in [0.1, 0.15) is 0 Å². The van der Waals surface area contributed by atoms with Crippen molar-refractivity contribution in [3.05, 3.63) is 0 Å². The first-order valence-corrected chi connectivity index (χ1v) is 6.99. The van der Waals surface area contributed by atoms with Crippen molar-refractivity contribution in [3.63, 3.8) is 0 Å². The fourth-order valence-electron chi connectivity index (χ4n) is 2.20. The highest BCUT2D eigenvalue weighted by Gasteiger charge is 2.34. The maximum atomic E-state index is 4.21. The summed E-state index contributed by atoms with van der Waals surface area (Å²) in [4.78, 5) is 0. The average Bonchev–Trinajstić information content (AvgIpc) is 2.90. The molecule has 1 saturated heterocycles. The highest BCUT2D eigenvalue weighted by molar-refractivity contribution is 8.11. The van der Waals surface area contributed by atoms with Gasteiger partial charge in [0, 0.05) is 12.1 Å². The molecule has 1 N–H and O–H groups in total. The fourth-order valence-corrected chi connectivity index (χ4v) is 3.64. The molecule has 0 bridgehead atoms. The number of hydrogen-bond donors (Lipinski definition) is 1. The molecule has 0 radical (unpaired) electrons. The Balaban J connectivity index is 1.96. The van der Waals surface area contributed by atoms with Gasteiger partial charge in [-0.3, -0.25) is 4.31 Å². The van der Waals surface area contributed by atoms with Crippen molar-refractivity contribution in [2.45, 2.75) is 37.8 Å². The van der Waals surface area contributed by atoms with Crippen LogP contribution in [0.4, 0.5) is 0 Å². The quantitative estimate of drug-likeness (QED) is 0.694. The summed E-state index contributed by atoms with van der Waals surface area (Å²) in [5.74, 6) is 4.21. The summed E-state index contributed by atoms with van der Waals surface area (Å²) in [5.41, 5.74) is 0. The summed E-state index contributed by atoms with van der Waals surface area (Å²) >= 11 is 0. The van der Waals surface area contributed by atoms with Crippen LogP contribution in [0, 0.1) is 0 Å². The van der Waals surface area contributed by atoms with E-state index in [-0.39, 0.29) is 10.7 Å². The van der Waals surface area contributed by atoms with Gasteiger partial charge in [-0.25, -0.2) is 0 Å². The number of rotatable bonds is 3. The Kier molecular flexibility index (Phi) is 3.06. The van der Waals surface area contributed by atoms with Crippen molar-refractivity contribution < 1.29 is 0 Å². The predicted octanol–water partition coefficient (Wildman–Crippen LogP) is 1.45. The number of nitrogens with one attached hydrogen (secondary N) is 1. The molecule has 1 unspecified atom stereocenters. The van der Waals surface area contributed by atoms with Crippen LogP contribution in [0.3, 0.4) is 0 Å². The van der Waals surface area contributed by atoms with Crippen LogP contribution in [0.25, 0.3) is 0 Å². The minimum absolute atomic E-state index is 0.237. The lowest BCUT2D eigenvalue weighted by atomic mass is 10.1. The molecule has 0 amide bonds. The van der Waals surface area contributed by atoms with Crippen molar-refractivity contribution in [2.24, 2.45) is 0 Å². The topological polar surface area (TPSA) is 15.3 Å². The van der Waals surface area contributed by atoms with Crippen molar-refractivity contribution in [3.8, 4) is 0 Å². The van der Waals surface area contributed by atoms with Gasteiger partial charge in [0.2, 0.25) is 0 Å². The molecular weight excluding hydrogens is 180 g/mol. The Hall–Kier alpha value is 0.140. The first-order valence-electron chi connectivity index (χ1n) is 5.24. The smallest absolute Gasteiger partial charge is 0.0224 e. The molecule has 0 aromatic rings. The Morgan fingerprint density at radius 1 is 1.15 bits per heavy atom. The largest absolute Gasteiger partial charge is 0.317 e. The van der Waals surface area contributed by atoms with Crippen LogP contribution in [-0.4, -0.2) is 41.6 Å². The van der Waals surface area contributed by atoms with E-state index >= 15 is 0 Å². The zero-order valence-electron chi connectivity index (χ0n) is 8.46. The van der Waals surface area contributed by atoms with Gasteiger partial charge < -0.3 is 5.32 Å². The molecule has 2 rings (SSSR count). The molecule has 0 spiro atoms. The van der Waals surface area contributed by atoms with Gasteiger partial charge in [-0.15, -0.1) is 10.7 Å². The fraction of sp³-hybridized carbons (Fsp3) is 0.900. The molecule has 2 fully saturated rings. The second-order valence-electron chi connectivity index (χ2n) is 4.17. The standard InChI is InChI=1S/C10H20N2S/c1-13(2)12(9-3-4-9)10-5-7-11-8-6-10/h9-11H,1,3-8H2,2H3. The van der Waals surface area contributed by atoms with Gasteiger partial charge in [-0.1, -0.05) is 5.87 Å². The molecule has 1 saturated carbocycles. The number of hydrogen-bond acceptors (Lipinski definition) is 2. The Bertz CT molecular complexity index is 195. The molecule has 0 aromatic carbocycles. The normalized spacial score (nSPS) is 27.8. The van der Waals surface area contributed by atoms with E-state index in [1.165, 1.54) is 38.8 Å². The van der Waals surface area contributed by atoms with E-state index in [4.69, 9.17) is 0 Å². The van der Waals surface area contributed by atoms with Gasteiger partial charge in [0.25, 0.3) is 0 Å². The van der Waals surface area contributed by atoms with Crippen LogP contribution in [-0.2, 0) is 0 Å². The monoisotopic (exact) mass is 200 g/mol. The van der Waals surface area contributed by atoms with Gasteiger partial charge in [-0.05, 0) is 45.0 Å². The molecule has 1 aliphatic heterocycles. The van der Waals surface area contributed by atoms with Gasteiger partial charge in [0.15, 0.2) is 0 Å². The van der Waals surface area contributed by atoms with E-state index < -0.39 is 0 Å². The molecule has 1 heterocycles. The van der Waals surface area contributed by atoms with E-state index in [0.717, 1.165) is 12.1 Å². The lowest BCUT2D eigenvalue weighted by molar-refractivity contribution is 0.276. The minimum Gasteiger partial charge on any atom is -0.317 e.